The van der Waals surface area contributed by atoms with Crippen molar-refractivity contribution < 1.29 is 35.6 Å². The highest BCUT2D eigenvalue weighted by Gasteiger charge is 2.25. The Morgan fingerprint density at radius 2 is 1.67 bits per heavy atom. The molecule has 0 aliphatic carbocycles. The number of ketones is 1. The molecule has 232 valence electrons. The molecule has 1 amide bonds. The quantitative estimate of drug-likeness (QED) is 0.191. The third-order valence-corrected chi connectivity index (χ3v) is 8.43. The summed E-state index contributed by atoms with van der Waals surface area (Å²) in [6.07, 6.45) is 3.26. The Labute approximate surface area is 256 Å². The summed E-state index contributed by atoms with van der Waals surface area (Å²) in [5.41, 5.74) is 1.78. The van der Waals surface area contributed by atoms with Gasteiger partial charge in [-0.2, -0.15) is 0 Å². The number of halogens is 4. The van der Waals surface area contributed by atoms with Crippen LogP contribution in [0.25, 0.3) is 22.0 Å². The second kappa shape index (κ2) is 12.6. The standard InChI is InChI=1S/C33H27F4N3O4S/c1-38-33(42)29-15-20(5-7-30(29)37)27-4-3-9-39-32(27)21(10-19-11-24(35)16-25(36)12-19)13-26(41)14-22-18-40(45(2,43)44)31-8-6-23(34)17-28(22)31/h3-9,11-12,15-18,21H,10,13-14H2,1-2H3,(H,38,42). The second-order valence-corrected chi connectivity index (χ2v) is 12.5. The van der Waals surface area contributed by atoms with Crippen LogP contribution in [-0.2, 0) is 27.7 Å². The molecule has 0 fully saturated rings. The maximum absolute atomic E-state index is 14.5. The van der Waals surface area contributed by atoms with E-state index in [-0.39, 0.29) is 52.6 Å². The van der Waals surface area contributed by atoms with E-state index in [1.807, 2.05) is 0 Å². The van der Waals surface area contributed by atoms with E-state index in [0.29, 0.717) is 16.8 Å². The molecule has 0 aliphatic rings. The zero-order chi connectivity index (χ0) is 32.5. The van der Waals surface area contributed by atoms with Gasteiger partial charge < -0.3 is 5.32 Å². The molecule has 7 nitrogen and oxygen atoms in total. The summed E-state index contributed by atoms with van der Waals surface area (Å²) in [5.74, 6) is -4.75. The molecule has 1 unspecified atom stereocenters. The zero-order valence-corrected chi connectivity index (χ0v) is 25.0. The van der Waals surface area contributed by atoms with E-state index in [4.69, 9.17) is 0 Å². The lowest BCUT2D eigenvalue weighted by Crippen LogP contribution is -2.19. The summed E-state index contributed by atoms with van der Waals surface area (Å²) in [5, 5.41) is 2.64. The molecule has 2 aromatic heterocycles. The molecule has 5 rings (SSSR count). The summed E-state index contributed by atoms with van der Waals surface area (Å²) in [6, 6.07) is 13.9. The zero-order valence-electron chi connectivity index (χ0n) is 24.2. The molecule has 0 spiro atoms. The monoisotopic (exact) mass is 637 g/mol. The van der Waals surface area contributed by atoms with Gasteiger partial charge in [0, 0.05) is 55.2 Å². The Kier molecular flexibility index (Phi) is 8.87. The summed E-state index contributed by atoms with van der Waals surface area (Å²) in [4.78, 5) is 30.4. The van der Waals surface area contributed by atoms with Crippen LogP contribution >= 0.6 is 0 Å². The molecular formula is C33H27F4N3O4S. The summed E-state index contributed by atoms with van der Waals surface area (Å²) in [6.45, 7) is 0. The smallest absolute Gasteiger partial charge is 0.254 e. The van der Waals surface area contributed by atoms with Gasteiger partial charge in [-0.25, -0.2) is 30.0 Å². The number of benzene rings is 3. The van der Waals surface area contributed by atoms with Gasteiger partial charge in [0.15, 0.2) is 0 Å². The fourth-order valence-electron chi connectivity index (χ4n) is 5.48. The van der Waals surface area contributed by atoms with Gasteiger partial charge in [0.05, 0.1) is 23.0 Å². The van der Waals surface area contributed by atoms with Crippen LogP contribution in [0, 0.1) is 23.3 Å². The molecule has 0 saturated heterocycles. The van der Waals surface area contributed by atoms with Crippen LogP contribution in [0.4, 0.5) is 17.6 Å². The largest absolute Gasteiger partial charge is 0.355 e. The van der Waals surface area contributed by atoms with E-state index in [1.54, 1.807) is 12.1 Å². The van der Waals surface area contributed by atoms with E-state index in [1.165, 1.54) is 37.6 Å². The van der Waals surface area contributed by atoms with E-state index in [0.717, 1.165) is 46.6 Å². The van der Waals surface area contributed by atoms with Crippen LogP contribution in [0.3, 0.4) is 0 Å². The predicted molar refractivity (Wildman–Crippen MR) is 161 cm³/mol. The number of carbonyl (C=O) groups is 2. The number of Topliss-reactive ketones (excluding diaryl/α,β-unsaturated/α-hetero) is 1. The first kappa shape index (κ1) is 31.6. The molecule has 0 radical (unpaired) electrons. The molecule has 1 N–H and O–H groups in total. The number of nitrogens with zero attached hydrogens (tertiary/aromatic N) is 2. The number of rotatable bonds is 10. The topological polar surface area (TPSA) is 98.1 Å². The van der Waals surface area contributed by atoms with Crippen molar-refractivity contribution >= 4 is 32.6 Å². The molecular weight excluding hydrogens is 610 g/mol. The number of hydrogen-bond acceptors (Lipinski definition) is 5. The van der Waals surface area contributed by atoms with Crippen LogP contribution in [0.1, 0.15) is 39.5 Å². The third kappa shape index (κ3) is 6.96. The maximum atomic E-state index is 14.5. The van der Waals surface area contributed by atoms with Crippen molar-refractivity contribution in [2.24, 2.45) is 0 Å². The van der Waals surface area contributed by atoms with Gasteiger partial charge in [0.2, 0.25) is 10.0 Å². The van der Waals surface area contributed by atoms with Crippen molar-refractivity contribution in [1.29, 1.82) is 0 Å². The molecule has 0 saturated carbocycles. The second-order valence-electron chi connectivity index (χ2n) is 10.7. The Bertz CT molecular complexity index is 2040. The highest BCUT2D eigenvalue weighted by molar-refractivity contribution is 7.89. The van der Waals surface area contributed by atoms with Crippen LogP contribution in [0.5, 0.6) is 0 Å². The highest BCUT2D eigenvalue weighted by Crippen LogP contribution is 2.34. The number of amides is 1. The summed E-state index contributed by atoms with van der Waals surface area (Å²) < 4.78 is 82.8. The highest BCUT2D eigenvalue weighted by atomic mass is 32.2. The Morgan fingerprint density at radius 1 is 0.933 bits per heavy atom. The fourth-order valence-corrected chi connectivity index (χ4v) is 6.32. The van der Waals surface area contributed by atoms with Crippen LogP contribution in [0.15, 0.2) is 79.1 Å². The number of carbonyl (C=O) groups excluding carboxylic acids is 2. The van der Waals surface area contributed by atoms with Crippen LogP contribution in [0.2, 0.25) is 0 Å². The SMILES string of the molecule is CNC(=O)c1cc(-c2cccnc2C(CC(=O)Cc2cn(S(C)(=O)=O)c3ccc(F)cc23)Cc2cc(F)cc(F)c2)ccc1F. The molecule has 45 heavy (non-hydrogen) atoms. The van der Waals surface area contributed by atoms with Gasteiger partial charge in [-0.1, -0.05) is 12.1 Å². The average molecular weight is 638 g/mol. The van der Waals surface area contributed by atoms with Crippen LogP contribution < -0.4 is 5.32 Å². The van der Waals surface area contributed by atoms with Gasteiger partial charge in [0.25, 0.3) is 5.91 Å². The lowest BCUT2D eigenvalue weighted by Gasteiger charge is -2.20. The molecule has 0 aliphatic heterocycles. The Morgan fingerprint density at radius 3 is 2.36 bits per heavy atom. The van der Waals surface area contributed by atoms with E-state index in [2.05, 4.69) is 10.3 Å². The van der Waals surface area contributed by atoms with Crippen molar-refractivity contribution in [3.8, 4) is 11.1 Å². The van der Waals surface area contributed by atoms with E-state index >= 15 is 0 Å². The van der Waals surface area contributed by atoms with Gasteiger partial charge >= 0.3 is 0 Å². The normalized spacial score (nSPS) is 12.3. The van der Waals surface area contributed by atoms with Crippen molar-refractivity contribution in [2.45, 2.75) is 25.2 Å². The number of nitrogens with one attached hydrogen (secondary N) is 1. The van der Waals surface area contributed by atoms with Crippen molar-refractivity contribution in [1.82, 2.24) is 14.3 Å². The molecule has 1 atom stereocenters. The van der Waals surface area contributed by atoms with Crippen molar-refractivity contribution in [3.63, 3.8) is 0 Å². The first-order valence-corrected chi connectivity index (χ1v) is 15.6. The lowest BCUT2D eigenvalue weighted by molar-refractivity contribution is -0.118. The third-order valence-electron chi connectivity index (χ3n) is 7.41. The first-order valence-electron chi connectivity index (χ1n) is 13.8. The molecule has 3 aromatic carbocycles. The van der Waals surface area contributed by atoms with Gasteiger partial charge in [-0.05, 0) is 71.6 Å². The van der Waals surface area contributed by atoms with Crippen LogP contribution in [-0.4, -0.2) is 42.4 Å². The number of aromatic nitrogens is 2. The Hall–Kier alpha value is -4.84. The molecule has 0 bridgehead atoms. The molecule has 2 heterocycles. The predicted octanol–water partition coefficient (Wildman–Crippen LogP) is 5.96. The molecule has 12 heteroatoms. The maximum Gasteiger partial charge on any atom is 0.254 e. The first-order chi connectivity index (χ1) is 21.3. The molecule has 5 aromatic rings. The lowest BCUT2D eigenvalue weighted by atomic mass is 9.85. The summed E-state index contributed by atoms with van der Waals surface area (Å²) >= 11 is 0. The van der Waals surface area contributed by atoms with Gasteiger partial charge in [-0.15, -0.1) is 0 Å². The number of pyridine rings is 1. The number of hydrogen-bond donors (Lipinski definition) is 1. The number of fused-ring (bicyclic) bond motifs is 1. The van der Waals surface area contributed by atoms with Gasteiger partial charge in [0.1, 0.15) is 29.1 Å². The minimum atomic E-state index is -3.78. The average Bonchev–Trinajstić information content (AvgIpc) is 3.34. The summed E-state index contributed by atoms with van der Waals surface area (Å²) in [7, 11) is -2.41. The van der Waals surface area contributed by atoms with E-state index < -0.39 is 45.1 Å². The minimum Gasteiger partial charge on any atom is -0.355 e. The van der Waals surface area contributed by atoms with Gasteiger partial charge in [-0.3, -0.25) is 14.6 Å². The van der Waals surface area contributed by atoms with Crippen molar-refractivity contribution in [2.75, 3.05) is 13.3 Å². The fraction of sp³-hybridized carbons (Fsp3) is 0.182. The van der Waals surface area contributed by atoms with Crippen molar-refractivity contribution in [3.05, 3.63) is 125 Å². The minimum absolute atomic E-state index is 0.0202. The Balaban J connectivity index is 1.56. The van der Waals surface area contributed by atoms with E-state index in [9.17, 15) is 35.6 Å².